The van der Waals surface area contributed by atoms with Crippen molar-refractivity contribution in [2.24, 2.45) is 7.05 Å². The fourth-order valence-electron chi connectivity index (χ4n) is 2.77. The van der Waals surface area contributed by atoms with Crippen LogP contribution in [0.4, 0.5) is 10.5 Å². The molecular formula is C18H26N4O2. The van der Waals surface area contributed by atoms with Crippen molar-refractivity contribution in [3.05, 3.63) is 41.2 Å². The number of carbonyl (C=O) groups excluding carboxylic acids is 1. The molecule has 0 saturated carbocycles. The predicted octanol–water partition coefficient (Wildman–Crippen LogP) is 3.71. The lowest BCUT2D eigenvalue weighted by molar-refractivity contribution is 0.241. The number of nitrogens with one attached hydrogen (secondary N) is 2. The molecule has 0 aliphatic heterocycles. The molecule has 24 heavy (non-hydrogen) atoms. The maximum Gasteiger partial charge on any atom is 0.319 e. The summed E-state index contributed by atoms with van der Waals surface area (Å²) in [6, 6.07) is 6.99. The van der Waals surface area contributed by atoms with Gasteiger partial charge in [-0.1, -0.05) is 12.1 Å². The Balaban J connectivity index is 2.08. The number of benzene rings is 1. The smallest absolute Gasteiger partial charge is 0.319 e. The standard InChI is InChI=1S/C18H26N4O2/c1-11(2)24-16-10-8-7-9-15(16)20-18(23)19-12(3)17-13(4)21-22(6)14(17)5/h7-12H,1-6H3,(H2,19,20,23)/t12-/m1/s1. The van der Waals surface area contributed by atoms with E-state index in [1.54, 1.807) is 0 Å². The third-order valence-electron chi connectivity index (χ3n) is 3.84. The van der Waals surface area contributed by atoms with E-state index in [1.807, 2.05) is 70.6 Å². The van der Waals surface area contributed by atoms with Gasteiger partial charge in [0.05, 0.1) is 23.5 Å². The Labute approximate surface area is 143 Å². The van der Waals surface area contributed by atoms with Crippen LogP contribution in [0.1, 0.15) is 43.8 Å². The number of urea groups is 1. The van der Waals surface area contributed by atoms with Gasteiger partial charge in [-0.25, -0.2) is 4.79 Å². The minimum atomic E-state index is -0.273. The van der Waals surface area contributed by atoms with Gasteiger partial charge in [0.25, 0.3) is 0 Å². The highest BCUT2D eigenvalue weighted by Gasteiger charge is 2.18. The quantitative estimate of drug-likeness (QED) is 0.878. The second-order valence-corrected chi connectivity index (χ2v) is 6.19. The van der Waals surface area contributed by atoms with E-state index in [2.05, 4.69) is 15.7 Å². The number of anilines is 1. The van der Waals surface area contributed by atoms with Crippen molar-refractivity contribution in [3.63, 3.8) is 0 Å². The molecule has 130 valence electrons. The number of carbonyl (C=O) groups is 1. The molecule has 6 nitrogen and oxygen atoms in total. The Morgan fingerprint density at radius 1 is 1.21 bits per heavy atom. The van der Waals surface area contributed by atoms with Gasteiger partial charge in [-0.3, -0.25) is 4.68 Å². The largest absolute Gasteiger partial charge is 0.489 e. The van der Waals surface area contributed by atoms with E-state index in [9.17, 15) is 4.79 Å². The molecule has 1 heterocycles. The summed E-state index contributed by atoms with van der Waals surface area (Å²) in [6.07, 6.45) is 0.0376. The molecular weight excluding hydrogens is 304 g/mol. The topological polar surface area (TPSA) is 68.2 Å². The van der Waals surface area contributed by atoms with E-state index >= 15 is 0 Å². The molecule has 1 aromatic carbocycles. The Morgan fingerprint density at radius 3 is 2.46 bits per heavy atom. The first-order valence-electron chi connectivity index (χ1n) is 8.13. The number of aryl methyl sites for hydroxylation is 2. The Morgan fingerprint density at radius 2 is 1.88 bits per heavy atom. The Kier molecular flexibility index (Phi) is 5.49. The minimum Gasteiger partial charge on any atom is -0.489 e. The monoisotopic (exact) mass is 330 g/mol. The highest BCUT2D eigenvalue weighted by atomic mass is 16.5. The van der Waals surface area contributed by atoms with Gasteiger partial charge in [0.15, 0.2) is 0 Å². The number of rotatable bonds is 5. The molecule has 0 aliphatic carbocycles. The van der Waals surface area contributed by atoms with Crippen molar-refractivity contribution in [3.8, 4) is 5.75 Å². The highest BCUT2D eigenvalue weighted by Crippen LogP contribution is 2.25. The summed E-state index contributed by atoms with van der Waals surface area (Å²) in [5.74, 6) is 0.657. The lowest BCUT2D eigenvalue weighted by Gasteiger charge is -2.18. The maximum atomic E-state index is 12.4. The summed E-state index contributed by atoms with van der Waals surface area (Å²) in [5.41, 5.74) is 3.66. The Bertz CT molecular complexity index is 722. The number of amides is 2. The zero-order valence-corrected chi connectivity index (χ0v) is 15.2. The van der Waals surface area contributed by atoms with Crippen molar-refractivity contribution < 1.29 is 9.53 Å². The number of hydrogen-bond acceptors (Lipinski definition) is 3. The van der Waals surface area contributed by atoms with Crippen molar-refractivity contribution in [2.75, 3.05) is 5.32 Å². The molecule has 1 aromatic heterocycles. The van der Waals surface area contributed by atoms with Gasteiger partial charge in [-0.15, -0.1) is 0 Å². The molecule has 0 fully saturated rings. The lowest BCUT2D eigenvalue weighted by atomic mass is 10.1. The summed E-state index contributed by atoms with van der Waals surface area (Å²) in [4.78, 5) is 12.4. The van der Waals surface area contributed by atoms with Gasteiger partial charge >= 0.3 is 6.03 Å². The van der Waals surface area contributed by atoms with Crippen LogP contribution < -0.4 is 15.4 Å². The van der Waals surface area contributed by atoms with Gasteiger partial charge < -0.3 is 15.4 Å². The van der Waals surface area contributed by atoms with Crippen LogP contribution in [0.25, 0.3) is 0 Å². The van der Waals surface area contributed by atoms with Crippen molar-refractivity contribution in [1.82, 2.24) is 15.1 Å². The van der Waals surface area contributed by atoms with E-state index in [0.29, 0.717) is 11.4 Å². The number of aromatic nitrogens is 2. The number of nitrogens with zero attached hydrogens (tertiary/aromatic N) is 2. The third-order valence-corrected chi connectivity index (χ3v) is 3.84. The molecule has 2 rings (SSSR count). The van der Waals surface area contributed by atoms with E-state index < -0.39 is 0 Å². The molecule has 0 saturated heterocycles. The van der Waals surface area contributed by atoms with Gasteiger partial charge in [0, 0.05) is 18.3 Å². The molecule has 0 bridgehead atoms. The van der Waals surface area contributed by atoms with Crippen LogP contribution in [0.5, 0.6) is 5.75 Å². The molecule has 1 atom stereocenters. The Hall–Kier alpha value is -2.50. The zero-order chi connectivity index (χ0) is 17.9. The second-order valence-electron chi connectivity index (χ2n) is 6.19. The average Bonchev–Trinajstić information content (AvgIpc) is 2.73. The predicted molar refractivity (Wildman–Crippen MR) is 95.5 cm³/mol. The molecule has 0 unspecified atom stereocenters. The average molecular weight is 330 g/mol. The minimum absolute atomic E-state index is 0.0376. The number of ether oxygens (including phenoxy) is 1. The van der Waals surface area contributed by atoms with E-state index in [4.69, 9.17) is 4.74 Å². The van der Waals surface area contributed by atoms with E-state index in [1.165, 1.54) is 0 Å². The van der Waals surface area contributed by atoms with Crippen LogP contribution in [-0.4, -0.2) is 21.9 Å². The normalized spacial score (nSPS) is 12.1. The molecule has 0 spiro atoms. The SMILES string of the molecule is Cc1nn(C)c(C)c1[C@@H](C)NC(=O)Nc1ccccc1OC(C)C. The van der Waals surface area contributed by atoms with Crippen LogP contribution in [0.2, 0.25) is 0 Å². The van der Waals surface area contributed by atoms with Gasteiger partial charge in [0.2, 0.25) is 0 Å². The third kappa shape index (κ3) is 4.07. The molecule has 2 aromatic rings. The fourth-order valence-corrected chi connectivity index (χ4v) is 2.77. The summed E-state index contributed by atoms with van der Waals surface area (Å²) in [5, 5.41) is 10.2. The zero-order valence-electron chi connectivity index (χ0n) is 15.2. The van der Waals surface area contributed by atoms with E-state index in [-0.39, 0.29) is 18.2 Å². The first-order valence-corrected chi connectivity index (χ1v) is 8.13. The molecule has 6 heteroatoms. The maximum absolute atomic E-state index is 12.4. The highest BCUT2D eigenvalue weighted by molar-refractivity contribution is 5.91. The van der Waals surface area contributed by atoms with Gasteiger partial charge in [-0.2, -0.15) is 5.10 Å². The summed E-state index contributed by atoms with van der Waals surface area (Å²) < 4.78 is 7.55. The lowest BCUT2D eigenvalue weighted by Crippen LogP contribution is -2.31. The van der Waals surface area contributed by atoms with Crippen LogP contribution in [0.3, 0.4) is 0 Å². The number of hydrogen-bond donors (Lipinski definition) is 2. The van der Waals surface area contributed by atoms with Crippen LogP contribution >= 0.6 is 0 Å². The van der Waals surface area contributed by atoms with Crippen LogP contribution in [0, 0.1) is 13.8 Å². The van der Waals surface area contributed by atoms with Crippen molar-refractivity contribution >= 4 is 11.7 Å². The van der Waals surface area contributed by atoms with Crippen molar-refractivity contribution in [2.45, 2.75) is 46.8 Å². The molecule has 0 radical (unpaired) electrons. The van der Waals surface area contributed by atoms with Crippen LogP contribution in [0.15, 0.2) is 24.3 Å². The number of para-hydroxylation sites is 2. The molecule has 2 amide bonds. The summed E-state index contributed by atoms with van der Waals surface area (Å²) in [6.45, 7) is 9.80. The molecule has 2 N–H and O–H groups in total. The van der Waals surface area contributed by atoms with Gasteiger partial charge in [0.1, 0.15) is 5.75 Å². The van der Waals surface area contributed by atoms with Crippen molar-refractivity contribution in [1.29, 1.82) is 0 Å². The fraction of sp³-hybridized carbons (Fsp3) is 0.444. The van der Waals surface area contributed by atoms with E-state index in [0.717, 1.165) is 17.0 Å². The summed E-state index contributed by atoms with van der Waals surface area (Å²) in [7, 11) is 1.90. The van der Waals surface area contributed by atoms with Gasteiger partial charge in [-0.05, 0) is 46.8 Å². The first-order chi connectivity index (χ1) is 11.3. The molecule has 0 aliphatic rings. The first kappa shape index (κ1) is 17.8. The second kappa shape index (κ2) is 7.38. The summed E-state index contributed by atoms with van der Waals surface area (Å²) >= 11 is 0. The van der Waals surface area contributed by atoms with Crippen LogP contribution in [-0.2, 0) is 7.05 Å².